The predicted molar refractivity (Wildman–Crippen MR) is 46.9 cm³/mol. The van der Waals surface area contributed by atoms with Gasteiger partial charge >= 0.3 is 0 Å². The highest BCUT2D eigenvalue weighted by molar-refractivity contribution is 5.30. The molecule has 0 aliphatic heterocycles. The minimum Gasteiger partial charge on any atom is -0.490 e. The van der Waals surface area contributed by atoms with E-state index >= 15 is 0 Å². The molecule has 0 fully saturated rings. The van der Waals surface area contributed by atoms with E-state index in [1.165, 1.54) is 19.1 Å². The Kier molecular flexibility index (Phi) is 3.23. The van der Waals surface area contributed by atoms with Gasteiger partial charge in [-0.3, -0.25) is 0 Å². The van der Waals surface area contributed by atoms with Gasteiger partial charge in [-0.15, -0.1) is 0 Å². The minimum atomic E-state index is -0.895. The lowest BCUT2D eigenvalue weighted by Gasteiger charge is -2.06. The van der Waals surface area contributed by atoms with Crippen molar-refractivity contribution < 1.29 is 13.5 Å². The highest BCUT2D eigenvalue weighted by Crippen LogP contribution is 2.22. The molecule has 13 heavy (non-hydrogen) atoms. The lowest BCUT2D eigenvalue weighted by molar-refractivity contribution is 0.295. The molecule has 1 aromatic rings. The average molecular weight is 186 g/mol. The maximum absolute atomic E-state index is 13.1. The molecule has 0 bridgehead atoms. The van der Waals surface area contributed by atoms with Crippen molar-refractivity contribution in [1.82, 2.24) is 0 Å². The van der Waals surface area contributed by atoms with E-state index in [0.29, 0.717) is 12.2 Å². The number of ether oxygens (including phenoxy) is 1. The van der Waals surface area contributed by atoms with Gasteiger partial charge in [0.15, 0.2) is 11.6 Å². The normalized spacial score (nSPS) is 10.2. The van der Waals surface area contributed by atoms with Crippen molar-refractivity contribution in [3.8, 4) is 5.75 Å². The van der Waals surface area contributed by atoms with E-state index in [4.69, 9.17) is 4.74 Å². The Morgan fingerprint density at radius 2 is 1.92 bits per heavy atom. The standard InChI is InChI=1S/C10H12F2O/c1-3-6-13-8-5-4-7(2)9(11)10(8)12/h4-5H,3,6H2,1-2H3. The van der Waals surface area contributed by atoms with Crippen molar-refractivity contribution in [2.75, 3.05) is 6.61 Å². The molecule has 0 saturated carbocycles. The summed E-state index contributed by atoms with van der Waals surface area (Å²) in [5.74, 6) is -1.73. The van der Waals surface area contributed by atoms with E-state index in [0.717, 1.165) is 6.42 Å². The molecule has 72 valence electrons. The van der Waals surface area contributed by atoms with Gasteiger partial charge in [-0.25, -0.2) is 4.39 Å². The molecular weight excluding hydrogens is 174 g/mol. The van der Waals surface area contributed by atoms with Gasteiger partial charge in [0.1, 0.15) is 0 Å². The molecule has 0 aliphatic rings. The fraction of sp³-hybridized carbons (Fsp3) is 0.400. The summed E-state index contributed by atoms with van der Waals surface area (Å²) in [7, 11) is 0. The molecule has 0 saturated heterocycles. The topological polar surface area (TPSA) is 9.23 Å². The van der Waals surface area contributed by atoms with Crippen LogP contribution in [0.15, 0.2) is 12.1 Å². The third-order valence-corrected chi connectivity index (χ3v) is 1.70. The lowest BCUT2D eigenvalue weighted by Crippen LogP contribution is -2.00. The first-order valence-corrected chi connectivity index (χ1v) is 4.24. The summed E-state index contributed by atoms with van der Waals surface area (Å²) in [5, 5.41) is 0. The monoisotopic (exact) mass is 186 g/mol. The van der Waals surface area contributed by atoms with E-state index in [-0.39, 0.29) is 5.75 Å². The lowest BCUT2D eigenvalue weighted by atomic mass is 10.2. The molecule has 0 unspecified atom stereocenters. The van der Waals surface area contributed by atoms with Crippen molar-refractivity contribution in [2.24, 2.45) is 0 Å². The Labute approximate surface area is 76.3 Å². The maximum Gasteiger partial charge on any atom is 0.200 e. The van der Waals surface area contributed by atoms with Crippen LogP contribution in [0.25, 0.3) is 0 Å². The summed E-state index contributed by atoms with van der Waals surface area (Å²) in [6, 6.07) is 2.95. The van der Waals surface area contributed by atoms with E-state index in [9.17, 15) is 8.78 Å². The van der Waals surface area contributed by atoms with Crippen LogP contribution in [0.4, 0.5) is 8.78 Å². The zero-order valence-corrected chi connectivity index (χ0v) is 7.73. The van der Waals surface area contributed by atoms with Crippen LogP contribution in [0.1, 0.15) is 18.9 Å². The van der Waals surface area contributed by atoms with Crippen molar-refractivity contribution in [3.05, 3.63) is 29.3 Å². The van der Waals surface area contributed by atoms with Gasteiger partial charge in [-0.2, -0.15) is 4.39 Å². The number of hydrogen-bond acceptors (Lipinski definition) is 1. The maximum atomic E-state index is 13.1. The summed E-state index contributed by atoms with van der Waals surface area (Å²) in [5.41, 5.74) is 0.293. The summed E-state index contributed by atoms with van der Waals surface area (Å²) in [4.78, 5) is 0. The van der Waals surface area contributed by atoms with Crippen molar-refractivity contribution in [1.29, 1.82) is 0 Å². The Morgan fingerprint density at radius 1 is 1.23 bits per heavy atom. The highest BCUT2D eigenvalue weighted by atomic mass is 19.2. The van der Waals surface area contributed by atoms with Crippen LogP contribution < -0.4 is 4.74 Å². The number of benzene rings is 1. The highest BCUT2D eigenvalue weighted by Gasteiger charge is 2.11. The zero-order valence-electron chi connectivity index (χ0n) is 7.73. The second-order valence-electron chi connectivity index (χ2n) is 2.86. The Morgan fingerprint density at radius 3 is 2.54 bits per heavy atom. The quantitative estimate of drug-likeness (QED) is 0.704. The second-order valence-corrected chi connectivity index (χ2v) is 2.86. The van der Waals surface area contributed by atoms with Crippen molar-refractivity contribution in [3.63, 3.8) is 0 Å². The first kappa shape index (κ1) is 9.96. The molecule has 1 rings (SSSR count). The molecule has 0 atom stereocenters. The Hall–Kier alpha value is -1.12. The summed E-state index contributed by atoms with van der Waals surface area (Å²) < 4.78 is 31.1. The predicted octanol–water partition coefficient (Wildman–Crippen LogP) is 3.06. The molecule has 0 aromatic heterocycles. The van der Waals surface area contributed by atoms with Crippen LogP contribution in [-0.2, 0) is 0 Å². The fourth-order valence-corrected chi connectivity index (χ4v) is 0.952. The van der Waals surface area contributed by atoms with E-state index in [1.807, 2.05) is 6.92 Å². The average Bonchev–Trinajstić information content (AvgIpc) is 2.13. The molecule has 1 nitrogen and oxygen atoms in total. The summed E-state index contributed by atoms with van der Waals surface area (Å²) in [6.45, 7) is 3.82. The minimum absolute atomic E-state index is 0.00931. The van der Waals surface area contributed by atoms with Crippen LogP contribution in [0.3, 0.4) is 0 Å². The first-order chi connectivity index (χ1) is 6.16. The van der Waals surface area contributed by atoms with Gasteiger partial charge in [-0.1, -0.05) is 13.0 Å². The molecular formula is C10H12F2O. The Bertz CT molecular complexity index is 297. The number of rotatable bonds is 3. The largest absolute Gasteiger partial charge is 0.490 e. The second kappa shape index (κ2) is 4.21. The summed E-state index contributed by atoms with van der Waals surface area (Å²) in [6.07, 6.45) is 0.773. The van der Waals surface area contributed by atoms with Crippen LogP contribution in [-0.4, -0.2) is 6.61 Å². The summed E-state index contributed by atoms with van der Waals surface area (Å²) >= 11 is 0. The van der Waals surface area contributed by atoms with Gasteiger partial charge in [-0.05, 0) is 25.0 Å². The molecule has 3 heteroatoms. The smallest absolute Gasteiger partial charge is 0.200 e. The van der Waals surface area contributed by atoms with Gasteiger partial charge in [0.05, 0.1) is 6.61 Å². The molecule has 0 amide bonds. The molecule has 1 aromatic carbocycles. The molecule has 0 N–H and O–H groups in total. The van der Waals surface area contributed by atoms with Crippen LogP contribution in [0.5, 0.6) is 5.75 Å². The van der Waals surface area contributed by atoms with Crippen LogP contribution in [0, 0.1) is 18.6 Å². The number of halogens is 2. The van der Waals surface area contributed by atoms with E-state index < -0.39 is 11.6 Å². The number of hydrogen-bond donors (Lipinski definition) is 0. The zero-order chi connectivity index (χ0) is 9.84. The third kappa shape index (κ3) is 2.17. The number of aryl methyl sites for hydroxylation is 1. The van der Waals surface area contributed by atoms with E-state index in [1.54, 1.807) is 0 Å². The van der Waals surface area contributed by atoms with Crippen LogP contribution >= 0.6 is 0 Å². The molecule has 0 spiro atoms. The van der Waals surface area contributed by atoms with Crippen LogP contribution in [0.2, 0.25) is 0 Å². The van der Waals surface area contributed by atoms with Gasteiger partial charge in [0.25, 0.3) is 0 Å². The SMILES string of the molecule is CCCOc1ccc(C)c(F)c1F. The van der Waals surface area contributed by atoms with Gasteiger partial charge in [0.2, 0.25) is 5.82 Å². The third-order valence-electron chi connectivity index (χ3n) is 1.70. The molecule has 0 heterocycles. The van der Waals surface area contributed by atoms with Gasteiger partial charge in [0, 0.05) is 0 Å². The first-order valence-electron chi connectivity index (χ1n) is 4.24. The van der Waals surface area contributed by atoms with Gasteiger partial charge < -0.3 is 4.74 Å². The molecule has 0 aliphatic carbocycles. The fourth-order valence-electron chi connectivity index (χ4n) is 0.952. The Balaban J connectivity index is 2.90. The van der Waals surface area contributed by atoms with E-state index in [2.05, 4.69) is 0 Å². The van der Waals surface area contributed by atoms with Crippen molar-refractivity contribution >= 4 is 0 Å². The van der Waals surface area contributed by atoms with Crippen molar-refractivity contribution in [2.45, 2.75) is 20.3 Å². The molecule has 0 radical (unpaired) electrons.